The molecule has 5 nitrogen and oxygen atoms in total. The van der Waals surface area contributed by atoms with Gasteiger partial charge in [0.05, 0.1) is 0 Å². The molecule has 20 heavy (non-hydrogen) atoms. The summed E-state index contributed by atoms with van der Waals surface area (Å²) in [7, 11) is 0. The Bertz CT molecular complexity index is 413. The Labute approximate surface area is 121 Å². The van der Waals surface area contributed by atoms with E-state index in [1.54, 1.807) is 11.1 Å². The summed E-state index contributed by atoms with van der Waals surface area (Å²) in [5, 5.41) is 0. The highest BCUT2D eigenvalue weighted by Crippen LogP contribution is 2.10. The van der Waals surface area contributed by atoms with Crippen molar-refractivity contribution in [3.8, 4) is 0 Å². The average Bonchev–Trinajstić information content (AvgIpc) is 2.33. The van der Waals surface area contributed by atoms with Crippen molar-refractivity contribution in [2.75, 3.05) is 13.1 Å². The summed E-state index contributed by atoms with van der Waals surface area (Å²) in [6.45, 7) is 8.46. The van der Waals surface area contributed by atoms with Crippen LogP contribution in [-0.2, 0) is 11.2 Å². The molecule has 5 heteroatoms. The first-order valence-corrected chi connectivity index (χ1v) is 6.91. The Balaban J connectivity index is 2.62. The number of carbonyl (C=O) groups excluding carboxylic acids is 1. The number of nitrogens with two attached hydrogens (primary N) is 1. The second-order valence-electron chi connectivity index (χ2n) is 5.97. The van der Waals surface area contributed by atoms with Crippen LogP contribution in [0.25, 0.3) is 0 Å². The lowest BCUT2D eigenvalue weighted by atomic mass is 10.2. The summed E-state index contributed by atoms with van der Waals surface area (Å²) in [5.41, 5.74) is 6.25. The molecule has 1 aromatic heterocycles. The minimum Gasteiger partial charge on any atom is -0.444 e. The van der Waals surface area contributed by atoms with Gasteiger partial charge < -0.3 is 15.4 Å². The molecule has 0 unspecified atom stereocenters. The third-order valence-electron chi connectivity index (χ3n) is 2.52. The predicted molar refractivity (Wildman–Crippen MR) is 79.4 cm³/mol. The van der Waals surface area contributed by atoms with Gasteiger partial charge in [0, 0.05) is 37.4 Å². The van der Waals surface area contributed by atoms with Gasteiger partial charge in [-0.2, -0.15) is 0 Å². The van der Waals surface area contributed by atoms with Gasteiger partial charge in [0.15, 0.2) is 0 Å². The maximum Gasteiger partial charge on any atom is 0.410 e. The molecule has 0 aliphatic heterocycles. The molecule has 0 radical (unpaired) electrons. The van der Waals surface area contributed by atoms with Crippen LogP contribution in [0.4, 0.5) is 4.79 Å². The SMILES string of the molecule is C[C@@H](N)CN(CCc1ccccn1)C(=O)OC(C)(C)C. The fourth-order valence-electron chi connectivity index (χ4n) is 1.73. The molecular formula is C15H25N3O2. The third kappa shape index (κ3) is 6.52. The lowest BCUT2D eigenvalue weighted by Crippen LogP contribution is -2.43. The number of amides is 1. The molecule has 1 amide bonds. The molecule has 1 aromatic rings. The highest BCUT2D eigenvalue weighted by Gasteiger charge is 2.22. The molecule has 1 atom stereocenters. The van der Waals surface area contributed by atoms with Crippen molar-refractivity contribution in [3.63, 3.8) is 0 Å². The second kappa shape index (κ2) is 7.24. The summed E-state index contributed by atoms with van der Waals surface area (Å²) in [6.07, 6.45) is 2.11. The molecule has 0 saturated heterocycles. The molecule has 0 aliphatic rings. The van der Waals surface area contributed by atoms with Crippen molar-refractivity contribution in [2.45, 2.75) is 45.8 Å². The van der Waals surface area contributed by atoms with Gasteiger partial charge in [-0.1, -0.05) is 6.07 Å². The van der Waals surface area contributed by atoms with E-state index in [0.717, 1.165) is 5.69 Å². The van der Waals surface area contributed by atoms with Gasteiger partial charge in [-0.25, -0.2) is 4.79 Å². The summed E-state index contributed by atoms with van der Waals surface area (Å²) in [6, 6.07) is 5.66. The second-order valence-corrected chi connectivity index (χ2v) is 5.97. The zero-order valence-corrected chi connectivity index (χ0v) is 12.8. The van der Waals surface area contributed by atoms with E-state index in [2.05, 4.69) is 4.98 Å². The van der Waals surface area contributed by atoms with Crippen molar-refractivity contribution >= 4 is 6.09 Å². The van der Waals surface area contributed by atoms with E-state index in [9.17, 15) is 4.79 Å². The van der Waals surface area contributed by atoms with Gasteiger partial charge in [0.25, 0.3) is 0 Å². The van der Waals surface area contributed by atoms with Crippen LogP contribution >= 0.6 is 0 Å². The molecule has 0 bridgehead atoms. The smallest absolute Gasteiger partial charge is 0.410 e. The minimum absolute atomic E-state index is 0.0914. The fraction of sp³-hybridized carbons (Fsp3) is 0.600. The molecule has 112 valence electrons. The number of aromatic nitrogens is 1. The van der Waals surface area contributed by atoms with E-state index < -0.39 is 5.60 Å². The number of ether oxygens (including phenoxy) is 1. The first kappa shape index (κ1) is 16.4. The Morgan fingerprint density at radius 1 is 1.45 bits per heavy atom. The topological polar surface area (TPSA) is 68.5 Å². The number of carbonyl (C=O) groups is 1. The molecule has 0 spiro atoms. The third-order valence-corrected chi connectivity index (χ3v) is 2.52. The summed E-state index contributed by atoms with van der Waals surface area (Å²) in [5.74, 6) is 0. The molecule has 0 aromatic carbocycles. The maximum absolute atomic E-state index is 12.1. The molecule has 0 fully saturated rings. The van der Waals surface area contributed by atoms with Crippen LogP contribution in [0.15, 0.2) is 24.4 Å². The number of pyridine rings is 1. The molecule has 1 heterocycles. The van der Waals surface area contributed by atoms with Crippen LogP contribution in [-0.4, -0.2) is 40.7 Å². The van der Waals surface area contributed by atoms with Gasteiger partial charge in [-0.05, 0) is 39.8 Å². The highest BCUT2D eigenvalue weighted by atomic mass is 16.6. The largest absolute Gasteiger partial charge is 0.444 e. The van der Waals surface area contributed by atoms with Crippen LogP contribution in [0, 0.1) is 0 Å². The fourth-order valence-corrected chi connectivity index (χ4v) is 1.73. The van der Waals surface area contributed by atoms with E-state index in [1.807, 2.05) is 45.9 Å². The van der Waals surface area contributed by atoms with Crippen molar-refractivity contribution in [2.24, 2.45) is 5.73 Å². The molecule has 0 aliphatic carbocycles. The van der Waals surface area contributed by atoms with Gasteiger partial charge in [0.1, 0.15) is 5.60 Å². The monoisotopic (exact) mass is 279 g/mol. The Morgan fingerprint density at radius 2 is 2.15 bits per heavy atom. The van der Waals surface area contributed by atoms with Crippen LogP contribution in [0.2, 0.25) is 0 Å². The number of hydrogen-bond acceptors (Lipinski definition) is 4. The zero-order valence-electron chi connectivity index (χ0n) is 12.8. The molecular weight excluding hydrogens is 254 g/mol. The standard InChI is InChI=1S/C15H25N3O2/c1-12(16)11-18(14(19)20-15(2,3)4)10-8-13-7-5-6-9-17-13/h5-7,9,12H,8,10-11,16H2,1-4H3/t12-/m1/s1. The summed E-state index contributed by atoms with van der Waals surface area (Å²) < 4.78 is 5.40. The molecule has 0 saturated carbocycles. The first-order valence-electron chi connectivity index (χ1n) is 6.91. The number of hydrogen-bond donors (Lipinski definition) is 1. The van der Waals surface area contributed by atoms with Crippen molar-refractivity contribution < 1.29 is 9.53 Å². The van der Waals surface area contributed by atoms with Gasteiger partial charge >= 0.3 is 6.09 Å². The first-order chi connectivity index (χ1) is 9.28. The van der Waals surface area contributed by atoms with E-state index in [0.29, 0.717) is 19.5 Å². The minimum atomic E-state index is -0.502. The quantitative estimate of drug-likeness (QED) is 0.897. The predicted octanol–water partition coefficient (Wildman–Crippen LogP) is 2.21. The number of rotatable bonds is 5. The van der Waals surface area contributed by atoms with Gasteiger partial charge in [-0.3, -0.25) is 4.98 Å². The van der Waals surface area contributed by atoms with E-state index in [4.69, 9.17) is 10.5 Å². The van der Waals surface area contributed by atoms with E-state index in [1.165, 1.54) is 0 Å². The van der Waals surface area contributed by atoms with Gasteiger partial charge in [-0.15, -0.1) is 0 Å². The lowest BCUT2D eigenvalue weighted by Gasteiger charge is -2.28. The maximum atomic E-state index is 12.1. The Morgan fingerprint density at radius 3 is 2.65 bits per heavy atom. The van der Waals surface area contributed by atoms with E-state index in [-0.39, 0.29) is 12.1 Å². The lowest BCUT2D eigenvalue weighted by molar-refractivity contribution is 0.0243. The van der Waals surface area contributed by atoms with Crippen molar-refractivity contribution in [3.05, 3.63) is 30.1 Å². The van der Waals surface area contributed by atoms with Crippen LogP contribution in [0.5, 0.6) is 0 Å². The Hall–Kier alpha value is -1.62. The summed E-state index contributed by atoms with van der Waals surface area (Å²) in [4.78, 5) is 18.0. The molecule has 2 N–H and O–H groups in total. The van der Waals surface area contributed by atoms with E-state index >= 15 is 0 Å². The van der Waals surface area contributed by atoms with Gasteiger partial charge in [0.2, 0.25) is 0 Å². The normalized spacial score (nSPS) is 12.8. The zero-order chi connectivity index (χ0) is 15.2. The highest BCUT2D eigenvalue weighted by molar-refractivity contribution is 5.68. The Kier molecular flexibility index (Phi) is 5.95. The van der Waals surface area contributed by atoms with Crippen LogP contribution in [0.1, 0.15) is 33.4 Å². The van der Waals surface area contributed by atoms with Crippen molar-refractivity contribution in [1.29, 1.82) is 0 Å². The van der Waals surface area contributed by atoms with Crippen LogP contribution in [0.3, 0.4) is 0 Å². The average molecular weight is 279 g/mol. The van der Waals surface area contributed by atoms with Crippen LogP contribution < -0.4 is 5.73 Å². The summed E-state index contributed by atoms with van der Waals surface area (Å²) >= 11 is 0. The molecule has 1 rings (SSSR count). The van der Waals surface area contributed by atoms with Crippen molar-refractivity contribution in [1.82, 2.24) is 9.88 Å². The number of nitrogens with zero attached hydrogens (tertiary/aromatic N) is 2.